The highest BCUT2D eigenvalue weighted by atomic mass is 32.1. The van der Waals surface area contributed by atoms with Crippen LogP contribution in [0.1, 0.15) is 31.5 Å². The molecule has 21 heavy (non-hydrogen) atoms. The number of nitrogens with one attached hydrogen (secondary N) is 1. The standard InChI is InChI=1S/C16H20N4S/c1-16(2,9-8-12-6-4-3-5-7-12)20-14-11-18-13(10-19-14)15(17)21/h3-7,10-11H,8-9H2,1-2H3,(H2,17,21)(H,19,20). The molecule has 0 aliphatic rings. The van der Waals surface area contributed by atoms with E-state index in [-0.39, 0.29) is 10.5 Å². The molecule has 5 heteroatoms. The average molecular weight is 300 g/mol. The van der Waals surface area contributed by atoms with Gasteiger partial charge < -0.3 is 11.1 Å². The quantitative estimate of drug-likeness (QED) is 0.803. The summed E-state index contributed by atoms with van der Waals surface area (Å²) in [6.45, 7) is 4.30. The number of aryl methyl sites for hydroxylation is 1. The fourth-order valence-corrected chi connectivity index (χ4v) is 2.14. The molecule has 0 spiro atoms. The Morgan fingerprint density at radius 3 is 2.48 bits per heavy atom. The van der Waals surface area contributed by atoms with Crippen LogP contribution in [0.4, 0.5) is 5.82 Å². The second kappa shape index (κ2) is 6.63. The fourth-order valence-electron chi connectivity index (χ4n) is 2.03. The van der Waals surface area contributed by atoms with Gasteiger partial charge in [-0.2, -0.15) is 0 Å². The number of hydrogen-bond donors (Lipinski definition) is 2. The number of aromatic nitrogens is 2. The third-order valence-electron chi connectivity index (χ3n) is 3.25. The summed E-state index contributed by atoms with van der Waals surface area (Å²) in [7, 11) is 0. The maximum absolute atomic E-state index is 5.51. The van der Waals surface area contributed by atoms with E-state index in [4.69, 9.17) is 18.0 Å². The lowest BCUT2D eigenvalue weighted by molar-refractivity contribution is 0.516. The van der Waals surface area contributed by atoms with Gasteiger partial charge in [0.05, 0.1) is 12.4 Å². The van der Waals surface area contributed by atoms with Crippen LogP contribution in [0.3, 0.4) is 0 Å². The Bertz CT molecular complexity index is 593. The Morgan fingerprint density at radius 2 is 1.90 bits per heavy atom. The smallest absolute Gasteiger partial charge is 0.144 e. The molecule has 0 unspecified atom stereocenters. The first-order valence-electron chi connectivity index (χ1n) is 6.90. The topological polar surface area (TPSA) is 63.8 Å². The number of hydrogen-bond acceptors (Lipinski definition) is 4. The summed E-state index contributed by atoms with van der Waals surface area (Å²) in [5, 5.41) is 3.40. The molecule has 0 bridgehead atoms. The second-order valence-electron chi connectivity index (χ2n) is 5.65. The lowest BCUT2D eigenvalue weighted by Crippen LogP contribution is -2.32. The molecule has 3 N–H and O–H groups in total. The molecular weight excluding hydrogens is 280 g/mol. The van der Waals surface area contributed by atoms with Crippen LogP contribution in [0.2, 0.25) is 0 Å². The summed E-state index contributed by atoms with van der Waals surface area (Å²) in [4.78, 5) is 8.75. The lowest BCUT2D eigenvalue weighted by Gasteiger charge is -2.27. The summed E-state index contributed by atoms with van der Waals surface area (Å²) in [5.41, 5.74) is 7.31. The molecule has 0 radical (unpaired) electrons. The largest absolute Gasteiger partial charge is 0.388 e. The number of rotatable bonds is 6. The van der Waals surface area contributed by atoms with Crippen LogP contribution in [0, 0.1) is 0 Å². The van der Waals surface area contributed by atoms with Crippen molar-refractivity contribution in [2.24, 2.45) is 5.73 Å². The van der Waals surface area contributed by atoms with E-state index >= 15 is 0 Å². The van der Waals surface area contributed by atoms with Crippen molar-refractivity contribution < 1.29 is 0 Å². The van der Waals surface area contributed by atoms with Crippen molar-refractivity contribution in [1.29, 1.82) is 0 Å². The molecule has 1 aromatic heterocycles. The molecular formula is C16H20N4S. The van der Waals surface area contributed by atoms with E-state index in [0.29, 0.717) is 5.69 Å². The van der Waals surface area contributed by atoms with E-state index in [9.17, 15) is 0 Å². The molecule has 0 atom stereocenters. The van der Waals surface area contributed by atoms with Gasteiger partial charge in [0.25, 0.3) is 0 Å². The number of thiocarbonyl (C=S) groups is 1. The first kappa shape index (κ1) is 15.4. The van der Waals surface area contributed by atoms with Crippen molar-refractivity contribution in [3.05, 3.63) is 54.0 Å². The number of nitrogens with zero attached hydrogens (tertiary/aromatic N) is 2. The molecule has 2 aromatic rings. The zero-order valence-corrected chi connectivity index (χ0v) is 13.2. The Hall–Kier alpha value is -2.01. The van der Waals surface area contributed by atoms with Gasteiger partial charge in [-0.15, -0.1) is 0 Å². The lowest BCUT2D eigenvalue weighted by atomic mass is 9.95. The number of nitrogens with two attached hydrogens (primary N) is 1. The average Bonchev–Trinajstić information content (AvgIpc) is 2.46. The summed E-state index contributed by atoms with van der Waals surface area (Å²) in [6.07, 6.45) is 5.27. The van der Waals surface area contributed by atoms with Crippen LogP contribution < -0.4 is 11.1 Å². The maximum Gasteiger partial charge on any atom is 0.144 e. The normalized spacial score (nSPS) is 11.1. The van der Waals surface area contributed by atoms with Gasteiger partial charge in [0.1, 0.15) is 16.5 Å². The molecule has 1 aromatic carbocycles. The third-order valence-corrected chi connectivity index (χ3v) is 3.46. The first-order valence-corrected chi connectivity index (χ1v) is 7.31. The van der Waals surface area contributed by atoms with Crippen molar-refractivity contribution in [1.82, 2.24) is 9.97 Å². The van der Waals surface area contributed by atoms with E-state index in [2.05, 4.69) is 53.4 Å². The van der Waals surface area contributed by atoms with E-state index in [1.165, 1.54) is 5.56 Å². The maximum atomic E-state index is 5.51. The molecule has 110 valence electrons. The fraction of sp³-hybridized carbons (Fsp3) is 0.312. The highest BCUT2D eigenvalue weighted by Crippen LogP contribution is 2.18. The first-order chi connectivity index (χ1) is 9.96. The summed E-state index contributed by atoms with van der Waals surface area (Å²) < 4.78 is 0. The van der Waals surface area contributed by atoms with Crippen molar-refractivity contribution in [3.63, 3.8) is 0 Å². The van der Waals surface area contributed by atoms with Gasteiger partial charge in [0, 0.05) is 5.54 Å². The Balaban J connectivity index is 1.95. The monoisotopic (exact) mass is 300 g/mol. The van der Waals surface area contributed by atoms with Gasteiger partial charge in [-0.05, 0) is 32.3 Å². The molecule has 0 saturated carbocycles. The van der Waals surface area contributed by atoms with E-state index in [0.717, 1.165) is 18.7 Å². The van der Waals surface area contributed by atoms with Crippen LogP contribution in [-0.4, -0.2) is 20.5 Å². The third kappa shape index (κ3) is 4.79. The minimum Gasteiger partial charge on any atom is -0.388 e. The van der Waals surface area contributed by atoms with Crippen LogP contribution in [0.5, 0.6) is 0 Å². The van der Waals surface area contributed by atoms with Crippen molar-refractivity contribution in [2.45, 2.75) is 32.2 Å². The minimum absolute atomic E-state index is 0.0741. The van der Waals surface area contributed by atoms with E-state index < -0.39 is 0 Å². The van der Waals surface area contributed by atoms with Crippen LogP contribution >= 0.6 is 12.2 Å². The molecule has 1 heterocycles. The molecule has 0 saturated heterocycles. The zero-order valence-electron chi connectivity index (χ0n) is 12.3. The van der Waals surface area contributed by atoms with Gasteiger partial charge in [-0.3, -0.25) is 0 Å². The number of anilines is 1. The molecule has 0 fully saturated rings. The summed E-state index contributed by atoms with van der Waals surface area (Å²) in [5.74, 6) is 0.730. The van der Waals surface area contributed by atoms with Crippen molar-refractivity contribution in [3.8, 4) is 0 Å². The van der Waals surface area contributed by atoms with Gasteiger partial charge in [-0.25, -0.2) is 9.97 Å². The van der Waals surface area contributed by atoms with Crippen molar-refractivity contribution >= 4 is 23.0 Å². The molecule has 0 aliphatic carbocycles. The van der Waals surface area contributed by atoms with Crippen LogP contribution in [0.25, 0.3) is 0 Å². The SMILES string of the molecule is CC(C)(CCc1ccccc1)Nc1cnc(C(N)=S)cn1. The predicted molar refractivity (Wildman–Crippen MR) is 90.4 cm³/mol. The van der Waals surface area contributed by atoms with Gasteiger partial charge in [0.2, 0.25) is 0 Å². The zero-order chi connectivity index (χ0) is 15.3. The van der Waals surface area contributed by atoms with Gasteiger partial charge in [-0.1, -0.05) is 42.5 Å². The molecule has 4 nitrogen and oxygen atoms in total. The highest BCUT2D eigenvalue weighted by Gasteiger charge is 2.18. The Labute approximate surface area is 130 Å². The van der Waals surface area contributed by atoms with Gasteiger partial charge >= 0.3 is 0 Å². The molecule has 2 rings (SSSR count). The minimum atomic E-state index is -0.0741. The van der Waals surface area contributed by atoms with E-state index in [1.807, 2.05) is 6.07 Å². The number of benzene rings is 1. The summed E-state index contributed by atoms with van der Waals surface area (Å²) in [6, 6.07) is 10.5. The summed E-state index contributed by atoms with van der Waals surface area (Å²) >= 11 is 4.87. The molecule has 0 amide bonds. The second-order valence-corrected chi connectivity index (χ2v) is 6.09. The van der Waals surface area contributed by atoms with Crippen LogP contribution in [0.15, 0.2) is 42.7 Å². The van der Waals surface area contributed by atoms with Crippen LogP contribution in [-0.2, 0) is 6.42 Å². The van der Waals surface area contributed by atoms with E-state index in [1.54, 1.807) is 12.4 Å². The molecule has 0 aliphatic heterocycles. The Morgan fingerprint density at radius 1 is 1.19 bits per heavy atom. The van der Waals surface area contributed by atoms with Crippen molar-refractivity contribution in [2.75, 3.05) is 5.32 Å². The highest BCUT2D eigenvalue weighted by molar-refractivity contribution is 7.80. The predicted octanol–water partition coefficient (Wildman–Crippen LogP) is 2.93. The Kier molecular flexibility index (Phi) is 4.85. The van der Waals surface area contributed by atoms with Gasteiger partial charge in [0.15, 0.2) is 0 Å².